The van der Waals surface area contributed by atoms with Gasteiger partial charge in [-0.15, -0.1) is 0 Å². The lowest BCUT2D eigenvalue weighted by Gasteiger charge is -2.08. The van der Waals surface area contributed by atoms with Crippen molar-refractivity contribution in [2.45, 2.75) is 47.0 Å². The number of ketones is 1. The smallest absolute Gasteiger partial charge is 0.137 e. The summed E-state index contributed by atoms with van der Waals surface area (Å²) in [5.41, 5.74) is 0. The molecule has 156 valence electrons. The van der Waals surface area contributed by atoms with E-state index in [2.05, 4.69) is 13.8 Å². The van der Waals surface area contributed by atoms with Crippen LogP contribution in [0.1, 0.15) is 47.0 Å². The topological polar surface area (TPSA) is 63.2 Å². The molecule has 0 rings (SSSR count). The molecule has 0 radical (unpaired) electrons. The van der Waals surface area contributed by atoms with Crippen molar-refractivity contribution in [3.8, 4) is 0 Å². The highest BCUT2D eigenvalue weighted by atomic mass is 16.6. The van der Waals surface area contributed by atoms with Crippen molar-refractivity contribution in [2.75, 3.05) is 66.1 Å². The third kappa shape index (κ3) is 19.8. The highest BCUT2D eigenvalue weighted by Crippen LogP contribution is 2.02. The van der Waals surface area contributed by atoms with E-state index in [1.807, 2.05) is 13.8 Å². The molecule has 6 nitrogen and oxygen atoms in total. The number of carbonyl (C=O) groups excluding carboxylic acids is 1. The third-order valence-corrected chi connectivity index (χ3v) is 3.69. The fourth-order valence-corrected chi connectivity index (χ4v) is 2.04. The largest absolute Gasteiger partial charge is 0.379 e. The molecule has 0 aliphatic heterocycles. The van der Waals surface area contributed by atoms with E-state index in [0.717, 1.165) is 18.9 Å². The lowest BCUT2D eigenvalue weighted by molar-refractivity contribution is -0.123. The second kappa shape index (κ2) is 19.2. The van der Waals surface area contributed by atoms with Crippen LogP contribution in [0.5, 0.6) is 0 Å². The first-order valence-electron chi connectivity index (χ1n) is 9.95. The van der Waals surface area contributed by atoms with Gasteiger partial charge in [-0.2, -0.15) is 0 Å². The zero-order valence-electron chi connectivity index (χ0n) is 17.3. The Kier molecular flexibility index (Phi) is 18.8. The second-order valence-electron chi connectivity index (χ2n) is 6.97. The van der Waals surface area contributed by atoms with Gasteiger partial charge in [-0.05, 0) is 18.8 Å². The Hall–Kier alpha value is -0.530. The van der Waals surface area contributed by atoms with E-state index in [9.17, 15) is 4.79 Å². The van der Waals surface area contributed by atoms with E-state index in [0.29, 0.717) is 65.9 Å². The van der Waals surface area contributed by atoms with Crippen molar-refractivity contribution in [3.05, 3.63) is 0 Å². The van der Waals surface area contributed by atoms with E-state index in [1.54, 1.807) is 0 Å². The Bertz CT molecular complexity index is 307. The normalized spacial score (nSPS) is 11.6. The van der Waals surface area contributed by atoms with Gasteiger partial charge in [0.2, 0.25) is 0 Å². The predicted octanol–water partition coefficient (Wildman–Crippen LogP) is 3.12. The second-order valence-corrected chi connectivity index (χ2v) is 6.97. The van der Waals surface area contributed by atoms with Gasteiger partial charge in [0.05, 0.1) is 59.5 Å². The lowest BCUT2D eigenvalue weighted by Crippen LogP contribution is -2.14. The first-order chi connectivity index (χ1) is 12.5. The maximum absolute atomic E-state index is 11.4. The summed E-state index contributed by atoms with van der Waals surface area (Å²) in [4.78, 5) is 11.4. The summed E-state index contributed by atoms with van der Waals surface area (Å²) in [6.07, 6.45) is 2.80. The summed E-state index contributed by atoms with van der Waals surface area (Å²) in [5.74, 6) is 1.06. The van der Waals surface area contributed by atoms with Crippen molar-refractivity contribution in [2.24, 2.45) is 11.8 Å². The van der Waals surface area contributed by atoms with E-state index < -0.39 is 0 Å². The molecular weight excluding hydrogens is 336 g/mol. The highest BCUT2D eigenvalue weighted by Gasteiger charge is 2.05. The van der Waals surface area contributed by atoms with E-state index in [1.165, 1.54) is 6.42 Å². The van der Waals surface area contributed by atoms with Gasteiger partial charge >= 0.3 is 0 Å². The van der Waals surface area contributed by atoms with Crippen LogP contribution in [0.15, 0.2) is 0 Å². The highest BCUT2D eigenvalue weighted by molar-refractivity contribution is 5.80. The van der Waals surface area contributed by atoms with Crippen molar-refractivity contribution in [1.82, 2.24) is 0 Å². The SMILES string of the molecule is CC(C)CCCOCCOCCOCCOCCOCCC(=O)C(C)C. The molecule has 0 spiro atoms. The average molecular weight is 377 g/mol. The molecule has 0 atom stereocenters. The predicted molar refractivity (Wildman–Crippen MR) is 103 cm³/mol. The standard InChI is InChI=1S/C20H40O6/c1-18(2)6-5-8-22-10-12-24-14-16-26-17-15-25-13-11-23-9-7-20(21)19(3)4/h18-19H,5-17H2,1-4H3. The molecule has 6 heteroatoms. The van der Waals surface area contributed by atoms with Gasteiger partial charge < -0.3 is 23.7 Å². The number of hydrogen-bond acceptors (Lipinski definition) is 6. The summed E-state index contributed by atoms with van der Waals surface area (Å²) < 4.78 is 27.1. The molecule has 0 aromatic carbocycles. The van der Waals surface area contributed by atoms with Gasteiger partial charge in [-0.3, -0.25) is 4.79 Å². The molecule has 0 bridgehead atoms. The molecule has 0 saturated heterocycles. The first-order valence-corrected chi connectivity index (χ1v) is 9.95. The molecule has 0 unspecified atom stereocenters. The van der Waals surface area contributed by atoms with Crippen LogP contribution >= 0.6 is 0 Å². The Labute approximate surface area is 159 Å². The number of Topliss-reactive ketones (excluding diaryl/α,β-unsaturated/α-hetero) is 1. The van der Waals surface area contributed by atoms with Crippen LogP contribution in [-0.4, -0.2) is 71.9 Å². The van der Waals surface area contributed by atoms with Crippen molar-refractivity contribution < 1.29 is 28.5 Å². The number of ether oxygens (including phenoxy) is 5. The van der Waals surface area contributed by atoms with E-state index >= 15 is 0 Å². The minimum atomic E-state index is 0.0817. The van der Waals surface area contributed by atoms with Crippen LogP contribution in [0.3, 0.4) is 0 Å². The van der Waals surface area contributed by atoms with Crippen molar-refractivity contribution in [3.63, 3.8) is 0 Å². The first kappa shape index (κ1) is 25.5. The van der Waals surface area contributed by atoms with Gasteiger partial charge in [-0.25, -0.2) is 0 Å². The minimum Gasteiger partial charge on any atom is -0.379 e. The Morgan fingerprint density at radius 3 is 1.38 bits per heavy atom. The Morgan fingerprint density at radius 2 is 1.00 bits per heavy atom. The van der Waals surface area contributed by atoms with Crippen LogP contribution in [0.4, 0.5) is 0 Å². The average Bonchev–Trinajstić information content (AvgIpc) is 2.60. The Balaban J connectivity index is 3.06. The van der Waals surface area contributed by atoms with Crippen LogP contribution in [0.25, 0.3) is 0 Å². The van der Waals surface area contributed by atoms with Gasteiger partial charge in [0.25, 0.3) is 0 Å². The molecular formula is C20H40O6. The molecule has 26 heavy (non-hydrogen) atoms. The zero-order valence-corrected chi connectivity index (χ0v) is 17.3. The van der Waals surface area contributed by atoms with Gasteiger partial charge in [-0.1, -0.05) is 27.7 Å². The number of rotatable bonds is 20. The molecule has 0 N–H and O–H groups in total. The van der Waals surface area contributed by atoms with Crippen LogP contribution in [0, 0.1) is 11.8 Å². The van der Waals surface area contributed by atoms with Crippen LogP contribution in [0.2, 0.25) is 0 Å². The van der Waals surface area contributed by atoms with Crippen molar-refractivity contribution >= 4 is 5.78 Å². The summed E-state index contributed by atoms with van der Waals surface area (Å²) in [7, 11) is 0. The minimum absolute atomic E-state index is 0.0817. The van der Waals surface area contributed by atoms with E-state index in [4.69, 9.17) is 23.7 Å². The molecule has 0 aromatic heterocycles. The summed E-state index contributed by atoms with van der Waals surface area (Å²) in [5, 5.41) is 0. The van der Waals surface area contributed by atoms with Gasteiger partial charge in [0.15, 0.2) is 0 Å². The fourth-order valence-electron chi connectivity index (χ4n) is 2.04. The Morgan fingerprint density at radius 1 is 0.615 bits per heavy atom. The molecule has 0 saturated carbocycles. The number of carbonyl (C=O) groups is 1. The quantitative estimate of drug-likeness (QED) is 0.304. The molecule has 0 heterocycles. The van der Waals surface area contributed by atoms with Crippen LogP contribution < -0.4 is 0 Å². The molecule has 0 fully saturated rings. The van der Waals surface area contributed by atoms with E-state index in [-0.39, 0.29) is 11.7 Å². The molecule has 0 amide bonds. The maximum Gasteiger partial charge on any atom is 0.137 e. The van der Waals surface area contributed by atoms with Crippen molar-refractivity contribution in [1.29, 1.82) is 0 Å². The van der Waals surface area contributed by atoms with Gasteiger partial charge in [0, 0.05) is 18.9 Å². The van der Waals surface area contributed by atoms with Gasteiger partial charge in [0.1, 0.15) is 5.78 Å². The fraction of sp³-hybridized carbons (Fsp3) is 0.950. The molecule has 0 aliphatic rings. The summed E-state index contributed by atoms with van der Waals surface area (Å²) >= 11 is 0. The van der Waals surface area contributed by atoms with Crippen LogP contribution in [-0.2, 0) is 28.5 Å². The molecule has 0 aliphatic carbocycles. The third-order valence-electron chi connectivity index (χ3n) is 3.69. The summed E-state index contributed by atoms with van der Waals surface area (Å²) in [6.45, 7) is 14.0. The maximum atomic E-state index is 11.4. The zero-order chi connectivity index (χ0) is 19.5. The summed E-state index contributed by atoms with van der Waals surface area (Å²) in [6, 6.07) is 0. The monoisotopic (exact) mass is 376 g/mol. The number of hydrogen-bond donors (Lipinski definition) is 0. The molecule has 0 aromatic rings. The lowest BCUT2D eigenvalue weighted by atomic mass is 10.1.